The predicted octanol–water partition coefficient (Wildman–Crippen LogP) is 3.17. The Balaban J connectivity index is 1.66. The summed E-state index contributed by atoms with van der Waals surface area (Å²) < 4.78 is 1.74. The van der Waals surface area contributed by atoms with Gasteiger partial charge in [-0.25, -0.2) is 0 Å². The largest absolute Gasteiger partial charge is 0.324 e. The van der Waals surface area contributed by atoms with Crippen LogP contribution in [0.15, 0.2) is 47.8 Å². The molecule has 0 fully saturated rings. The molecule has 0 aliphatic heterocycles. The molecule has 1 N–H and O–H groups in total. The lowest BCUT2D eigenvalue weighted by Crippen LogP contribution is -2.15. The number of nitro groups is 1. The number of pyridine rings is 1. The lowest BCUT2D eigenvalue weighted by atomic mass is 10.3. The summed E-state index contributed by atoms with van der Waals surface area (Å²) in [5.41, 5.74) is 0.700. The van der Waals surface area contributed by atoms with Gasteiger partial charge in [0.25, 0.3) is 5.69 Å². The Kier molecular flexibility index (Phi) is 5.67. The predicted molar refractivity (Wildman–Crippen MR) is 102 cm³/mol. The van der Waals surface area contributed by atoms with Crippen molar-refractivity contribution in [3.05, 3.63) is 57.7 Å². The van der Waals surface area contributed by atoms with Crippen molar-refractivity contribution in [3.8, 4) is 11.5 Å². The molecule has 2 heterocycles. The van der Waals surface area contributed by atoms with E-state index < -0.39 is 4.92 Å². The molecule has 0 aliphatic carbocycles. The lowest BCUT2D eigenvalue weighted by Gasteiger charge is -2.07. The van der Waals surface area contributed by atoms with E-state index in [0.29, 0.717) is 16.7 Å². The maximum atomic E-state index is 12.2. The molecule has 11 heteroatoms. The van der Waals surface area contributed by atoms with E-state index >= 15 is 0 Å². The van der Waals surface area contributed by atoms with E-state index in [-0.39, 0.29) is 28.1 Å². The summed E-state index contributed by atoms with van der Waals surface area (Å²) in [4.78, 5) is 26.7. The second kappa shape index (κ2) is 8.14. The summed E-state index contributed by atoms with van der Waals surface area (Å²) in [5.74, 6) is 0.248. The number of amides is 1. The van der Waals surface area contributed by atoms with Crippen LogP contribution in [0.4, 0.5) is 11.4 Å². The molecule has 2 aromatic heterocycles. The molecule has 0 radical (unpaired) electrons. The van der Waals surface area contributed by atoms with Crippen molar-refractivity contribution in [2.24, 2.45) is 7.05 Å². The van der Waals surface area contributed by atoms with Crippen molar-refractivity contribution < 1.29 is 9.72 Å². The number of anilines is 1. The zero-order chi connectivity index (χ0) is 19.4. The van der Waals surface area contributed by atoms with Gasteiger partial charge in [0.15, 0.2) is 11.0 Å². The Bertz CT molecular complexity index is 995. The van der Waals surface area contributed by atoms with E-state index in [2.05, 4.69) is 20.5 Å². The number of nitrogens with zero attached hydrogens (tertiary/aromatic N) is 5. The molecular formula is C16H13ClN6O3S. The lowest BCUT2D eigenvalue weighted by molar-refractivity contribution is -0.384. The second-order valence-corrected chi connectivity index (χ2v) is 6.69. The highest BCUT2D eigenvalue weighted by Gasteiger charge is 2.15. The summed E-state index contributed by atoms with van der Waals surface area (Å²) in [6, 6.07) is 9.32. The van der Waals surface area contributed by atoms with Crippen LogP contribution in [0.1, 0.15) is 0 Å². The highest BCUT2D eigenvalue weighted by Crippen LogP contribution is 2.27. The van der Waals surface area contributed by atoms with Crippen LogP contribution in [0.5, 0.6) is 0 Å². The van der Waals surface area contributed by atoms with Gasteiger partial charge < -0.3 is 9.88 Å². The van der Waals surface area contributed by atoms with E-state index in [9.17, 15) is 14.9 Å². The average molecular weight is 405 g/mol. The van der Waals surface area contributed by atoms with E-state index in [1.54, 1.807) is 23.9 Å². The number of non-ortho nitro benzene ring substituents is 1. The molecule has 0 spiro atoms. The first-order valence-electron chi connectivity index (χ1n) is 7.63. The monoisotopic (exact) mass is 404 g/mol. The molecule has 1 aromatic carbocycles. The normalized spacial score (nSPS) is 10.6. The fourth-order valence-corrected chi connectivity index (χ4v) is 3.07. The quantitative estimate of drug-likeness (QED) is 0.381. The topological polar surface area (TPSA) is 116 Å². The Morgan fingerprint density at radius 3 is 2.85 bits per heavy atom. The second-order valence-electron chi connectivity index (χ2n) is 5.34. The first kappa shape index (κ1) is 18.8. The number of halogens is 1. The van der Waals surface area contributed by atoms with E-state index in [4.69, 9.17) is 11.6 Å². The van der Waals surface area contributed by atoms with E-state index in [1.807, 2.05) is 12.1 Å². The first-order chi connectivity index (χ1) is 13.0. The zero-order valence-corrected chi connectivity index (χ0v) is 15.6. The van der Waals surface area contributed by atoms with Crippen molar-refractivity contribution in [1.82, 2.24) is 19.7 Å². The number of thioether (sulfide) groups is 1. The molecule has 0 saturated heterocycles. The molecular weight excluding hydrogens is 392 g/mol. The van der Waals surface area contributed by atoms with Gasteiger partial charge in [0.1, 0.15) is 5.69 Å². The number of hydrogen-bond acceptors (Lipinski definition) is 7. The minimum Gasteiger partial charge on any atom is -0.324 e. The maximum Gasteiger partial charge on any atom is 0.271 e. The summed E-state index contributed by atoms with van der Waals surface area (Å²) in [6.45, 7) is 0. The number of hydrogen-bond donors (Lipinski definition) is 1. The van der Waals surface area contributed by atoms with E-state index in [0.717, 1.165) is 0 Å². The standard InChI is InChI=1S/C16H13ClN6O3S/c1-22-15(12-4-2-3-7-18-12)20-21-16(22)27-9-14(24)19-13-8-10(23(25)26)5-6-11(13)17/h2-8H,9H2,1H3,(H,19,24). The third kappa shape index (κ3) is 4.41. The zero-order valence-electron chi connectivity index (χ0n) is 14.0. The van der Waals surface area contributed by atoms with Crippen LogP contribution >= 0.6 is 23.4 Å². The molecule has 3 rings (SSSR count). The third-order valence-electron chi connectivity index (χ3n) is 3.50. The third-order valence-corrected chi connectivity index (χ3v) is 4.85. The maximum absolute atomic E-state index is 12.2. The van der Waals surface area contributed by atoms with Crippen LogP contribution in [0.2, 0.25) is 5.02 Å². The van der Waals surface area contributed by atoms with Crippen molar-refractivity contribution in [3.63, 3.8) is 0 Å². The van der Waals surface area contributed by atoms with Crippen LogP contribution in [-0.2, 0) is 11.8 Å². The number of carbonyl (C=O) groups is 1. The van der Waals surface area contributed by atoms with Gasteiger partial charge in [-0.2, -0.15) is 0 Å². The Morgan fingerprint density at radius 2 is 2.15 bits per heavy atom. The summed E-state index contributed by atoms with van der Waals surface area (Å²) in [6.07, 6.45) is 1.66. The molecule has 0 aliphatic rings. The van der Waals surface area contributed by atoms with Crippen molar-refractivity contribution >= 4 is 40.6 Å². The van der Waals surface area contributed by atoms with Gasteiger partial charge >= 0.3 is 0 Å². The van der Waals surface area contributed by atoms with Crippen LogP contribution in [0.3, 0.4) is 0 Å². The van der Waals surface area contributed by atoms with Gasteiger partial charge in [-0.1, -0.05) is 29.4 Å². The van der Waals surface area contributed by atoms with Gasteiger partial charge in [-0.15, -0.1) is 10.2 Å². The van der Waals surface area contributed by atoms with Crippen LogP contribution < -0.4 is 5.32 Å². The van der Waals surface area contributed by atoms with Crippen molar-refractivity contribution in [2.75, 3.05) is 11.1 Å². The number of aromatic nitrogens is 4. The number of rotatable bonds is 6. The Hall–Kier alpha value is -2.98. The number of benzene rings is 1. The molecule has 138 valence electrons. The number of carbonyl (C=O) groups excluding carboxylic acids is 1. The first-order valence-corrected chi connectivity index (χ1v) is 8.99. The summed E-state index contributed by atoms with van der Waals surface area (Å²) in [7, 11) is 1.78. The Labute approximate surface area is 162 Å². The van der Waals surface area contributed by atoms with Gasteiger partial charge in [-0.3, -0.25) is 19.9 Å². The number of nitro benzene ring substituents is 1. The van der Waals surface area contributed by atoms with Crippen LogP contribution in [0, 0.1) is 10.1 Å². The fraction of sp³-hybridized carbons (Fsp3) is 0.125. The molecule has 0 atom stereocenters. The molecule has 0 bridgehead atoms. The van der Waals surface area contributed by atoms with Gasteiger partial charge in [0.2, 0.25) is 5.91 Å². The minimum atomic E-state index is -0.556. The minimum absolute atomic E-state index is 0.0349. The molecule has 27 heavy (non-hydrogen) atoms. The van der Waals surface area contributed by atoms with Gasteiger partial charge in [0.05, 0.1) is 21.4 Å². The smallest absolute Gasteiger partial charge is 0.271 e. The highest BCUT2D eigenvalue weighted by molar-refractivity contribution is 7.99. The van der Waals surface area contributed by atoms with Gasteiger partial charge in [-0.05, 0) is 18.2 Å². The van der Waals surface area contributed by atoms with E-state index in [1.165, 1.54) is 30.0 Å². The number of nitrogens with one attached hydrogen (secondary N) is 1. The highest BCUT2D eigenvalue weighted by atomic mass is 35.5. The fourth-order valence-electron chi connectivity index (χ4n) is 2.20. The molecule has 0 saturated carbocycles. The average Bonchev–Trinajstić information content (AvgIpc) is 3.03. The SMILES string of the molecule is Cn1c(SCC(=O)Nc2cc([N+](=O)[O-])ccc2Cl)nnc1-c1ccccn1. The molecule has 0 unspecified atom stereocenters. The van der Waals surface area contributed by atoms with Crippen LogP contribution in [0.25, 0.3) is 11.5 Å². The van der Waals surface area contributed by atoms with Gasteiger partial charge in [0, 0.05) is 25.4 Å². The molecule has 1 amide bonds. The molecule has 3 aromatic rings. The summed E-state index contributed by atoms with van der Waals surface area (Å²) in [5, 5.41) is 22.3. The van der Waals surface area contributed by atoms with Crippen molar-refractivity contribution in [1.29, 1.82) is 0 Å². The molecule has 9 nitrogen and oxygen atoms in total. The van der Waals surface area contributed by atoms with Crippen LogP contribution in [-0.4, -0.2) is 36.3 Å². The van der Waals surface area contributed by atoms with Crippen molar-refractivity contribution in [2.45, 2.75) is 5.16 Å². The summed E-state index contributed by atoms with van der Waals surface area (Å²) >= 11 is 7.16. The Morgan fingerprint density at radius 1 is 1.33 bits per heavy atom.